The maximum Gasteiger partial charge on any atom is 0.251 e. The molecule has 0 spiro atoms. The van der Waals surface area contributed by atoms with E-state index in [4.69, 9.17) is 10.5 Å². The Bertz CT molecular complexity index is 300. The van der Waals surface area contributed by atoms with Gasteiger partial charge in [-0.1, -0.05) is 0 Å². The van der Waals surface area contributed by atoms with Gasteiger partial charge in [-0.25, -0.2) is 0 Å². The largest absolute Gasteiger partial charge is 0.368 e. The Hall–Kier alpha value is -0.850. The van der Waals surface area contributed by atoms with Gasteiger partial charge in [0.15, 0.2) is 0 Å². The number of nitrogens with zero attached hydrogens (tertiary/aromatic N) is 2. The van der Waals surface area contributed by atoms with Crippen LogP contribution in [-0.2, 0) is 14.3 Å². The van der Waals surface area contributed by atoms with Gasteiger partial charge in [-0.05, 0) is 12.8 Å². The highest BCUT2D eigenvalue weighted by molar-refractivity contribution is 5.85. The number of amides is 2. The second-order valence-electron chi connectivity index (χ2n) is 4.41. The van der Waals surface area contributed by atoms with E-state index in [0.717, 1.165) is 12.8 Å². The smallest absolute Gasteiger partial charge is 0.251 e. The zero-order valence-electron chi connectivity index (χ0n) is 10.3. The molecule has 7 heteroatoms. The van der Waals surface area contributed by atoms with Crippen LogP contribution in [0, 0.1) is 0 Å². The number of nitrogens with two attached hydrogens (primary N) is 1. The molecule has 6 nitrogen and oxygen atoms in total. The topological polar surface area (TPSA) is 75.9 Å². The molecule has 0 aromatic rings. The van der Waals surface area contributed by atoms with E-state index in [1.807, 2.05) is 0 Å². The lowest BCUT2D eigenvalue weighted by Gasteiger charge is -2.35. The fourth-order valence-corrected chi connectivity index (χ4v) is 2.28. The van der Waals surface area contributed by atoms with Crippen LogP contribution in [0.25, 0.3) is 0 Å². The third-order valence-corrected chi connectivity index (χ3v) is 3.32. The van der Waals surface area contributed by atoms with Crippen molar-refractivity contribution in [2.24, 2.45) is 5.73 Å². The lowest BCUT2D eigenvalue weighted by molar-refractivity contribution is -0.145. The molecule has 1 unspecified atom stereocenters. The average molecular weight is 278 g/mol. The van der Waals surface area contributed by atoms with Gasteiger partial charge < -0.3 is 20.3 Å². The first kappa shape index (κ1) is 15.2. The summed E-state index contributed by atoms with van der Waals surface area (Å²) in [7, 11) is 0. The molecule has 0 radical (unpaired) electrons. The SMILES string of the molecule is Cl.NCC(=O)N1CCN(C(=O)C2CCCO2)CC1. The van der Waals surface area contributed by atoms with Gasteiger partial charge in [0.25, 0.3) is 5.91 Å². The Morgan fingerprint density at radius 3 is 2.28 bits per heavy atom. The second kappa shape index (κ2) is 6.92. The van der Waals surface area contributed by atoms with Gasteiger partial charge in [-0.15, -0.1) is 12.4 Å². The molecule has 0 aromatic heterocycles. The lowest BCUT2D eigenvalue weighted by atomic mass is 10.2. The second-order valence-corrected chi connectivity index (χ2v) is 4.41. The van der Waals surface area contributed by atoms with Gasteiger partial charge in [-0.2, -0.15) is 0 Å². The number of piperazine rings is 1. The normalized spacial score (nSPS) is 23.7. The number of carbonyl (C=O) groups excluding carboxylic acids is 2. The van der Waals surface area contributed by atoms with Crippen LogP contribution in [0.2, 0.25) is 0 Å². The summed E-state index contributed by atoms with van der Waals surface area (Å²) in [5, 5.41) is 0. The lowest BCUT2D eigenvalue weighted by Crippen LogP contribution is -2.53. The highest BCUT2D eigenvalue weighted by atomic mass is 35.5. The van der Waals surface area contributed by atoms with E-state index >= 15 is 0 Å². The minimum Gasteiger partial charge on any atom is -0.368 e. The number of rotatable bonds is 2. The Balaban J connectivity index is 0.00000162. The molecule has 2 saturated heterocycles. The zero-order valence-corrected chi connectivity index (χ0v) is 11.2. The zero-order chi connectivity index (χ0) is 12.3. The van der Waals surface area contributed by atoms with E-state index in [9.17, 15) is 9.59 Å². The van der Waals surface area contributed by atoms with Crippen molar-refractivity contribution in [3.8, 4) is 0 Å². The maximum absolute atomic E-state index is 12.0. The van der Waals surface area contributed by atoms with Crippen LogP contribution in [0.5, 0.6) is 0 Å². The molecule has 2 aliphatic heterocycles. The molecule has 2 rings (SSSR count). The van der Waals surface area contributed by atoms with Crippen LogP contribution in [0.1, 0.15) is 12.8 Å². The van der Waals surface area contributed by atoms with Gasteiger partial charge >= 0.3 is 0 Å². The summed E-state index contributed by atoms with van der Waals surface area (Å²) in [4.78, 5) is 26.9. The summed E-state index contributed by atoms with van der Waals surface area (Å²) in [6.45, 7) is 3.06. The molecule has 0 aromatic carbocycles. The van der Waals surface area contributed by atoms with Crippen LogP contribution in [0.3, 0.4) is 0 Å². The third-order valence-electron chi connectivity index (χ3n) is 3.32. The van der Waals surface area contributed by atoms with Crippen LogP contribution < -0.4 is 5.73 Å². The highest BCUT2D eigenvalue weighted by Crippen LogP contribution is 2.15. The Labute approximate surface area is 113 Å². The molecule has 1 atom stereocenters. The Morgan fingerprint density at radius 2 is 1.78 bits per heavy atom. The van der Waals surface area contributed by atoms with Gasteiger partial charge in [-0.3, -0.25) is 9.59 Å². The van der Waals surface area contributed by atoms with Gasteiger partial charge in [0.2, 0.25) is 5.91 Å². The summed E-state index contributed by atoms with van der Waals surface area (Å²) in [6, 6.07) is 0. The number of carbonyl (C=O) groups is 2. The minimum absolute atomic E-state index is 0. The molecule has 0 aliphatic carbocycles. The molecule has 0 bridgehead atoms. The molecule has 2 aliphatic rings. The highest BCUT2D eigenvalue weighted by Gasteiger charge is 2.30. The first-order valence-electron chi connectivity index (χ1n) is 6.10. The predicted molar refractivity (Wildman–Crippen MR) is 68.4 cm³/mol. The molecule has 0 saturated carbocycles. The fourth-order valence-electron chi connectivity index (χ4n) is 2.28. The fraction of sp³-hybridized carbons (Fsp3) is 0.818. The van der Waals surface area contributed by atoms with Crippen molar-refractivity contribution in [2.45, 2.75) is 18.9 Å². The van der Waals surface area contributed by atoms with Crippen molar-refractivity contribution in [3.63, 3.8) is 0 Å². The third kappa shape index (κ3) is 3.34. The van der Waals surface area contributed by atoms with Crippen molar-refractivity contribution < 1.29 is 14.3 Å². The summed E-state index contributed by atoms with van der Waals surface area (Å²) in [5.41, 5.74) is 5.31. The van der Waals surface area contributed by atoms with Crippen LogP contribution >= 0.6 is 12.4 Å². The predicted octanol–water partition coefficient (Wildman–Crippen LogP) is -0.783. The summed E-state index contributed by atoms with van der Waals surface area (Å²) < 4.78 is 5.37. The monoisotopic (exact) mass is 277 g/mol. The maximum atomic E-state index is 12.0. The van der Waals surface area contributed by atoms with E-state index < -0.39 is 0 Å². The van der Waals surface area contributed by atoms with Gasteiger partial charge in [0.05, 0.1) is 6.54 Å². The van der Waals surface area contributed by atoms with Crippen molar-refractivity contribution in [1.82, 2.24) is 9.80 Å². The number of hydrogen-bond donors (Lipinski definition) is 1. The average Bonchev–Trinajstić information content (AvgIpc) is 2.91. The molecule has 104 valence electrons. The number of halogens is 1. The molecule has 2 heterocycles. The van der Waals surface area contributed by atoms with E-state index in [2.05, 4.69) is 0 Å². The summed E-state index contributed by atoms with van der Waals surface area (Å²) >= 11 is 0. The number of hydrogen-bond acceptors (Lipinski definition) is 4. The van der Waals surface area contributed by atoms with Gasteiger partial charge in [0.1, 0.15) is 6.10 Å². The van der Waals surface area contributed by atoms with Crippen molar-refractivity contribution in [3.05, 3.63) is 0 Å². The van der Waals surface area contributed by atoms with Crippen LogP contribution in [0.15, 0.2) is 0 Å². The first-order chi connectivity index (χ1) is 8.22. The molecule has 2 N–H and O–H groups in total. The van der Waals surface area contributed by atoms with Crippen molar-refractivity contribution in [2.75, 3.05) is 39.3 Å². The molecule has 2 fully saturated rings. The number of ether oxygens (including phenoxy) is 1. The van der Waals surface area contributed by atoms with Crippen molar-refractivity contribution in [1.29, 1.82) is 0 Å². The summed E-state index contributed by atoms with van der Waals surface area (Å²) in [6.07, 6.45) is 1.52. The molecule has 18 heavy (non-hydrogen) atoms. The molecule has 2 amide bonds. The molecular weight excluding hydrogens is 258 g/mol. The Kier molecular flexibility index (Phi) is 5.84. The van der Waals surface area contributed by atoms with E-state index in [1.165, 1.54) is 0 Å². The van der Waals surface area contributed by atoms with E-state index in [1.54, 1.807) is 9.80 Å². The van der Waals surface area contributed by atoms with Crippen LogP contribution in [-0.4, -0.2) is 67.0 Å². The quantitative estimate of drug-likeness (QED) is 0.718. The van der Waals surface area contributed by atoms with E-state index in [0.29, 0.717) is 32.8 Å². The van der Waals surface area contributed by atoms with Gasteiger partial charge in [0, 0.05) is 32.8 Å². The standard InChI is InChI=1S/C11H19N3O3.ClH/c12-8-10(15)13-3-5-14(6-4-13)11(16)9-2-1-7-17-9;/h9H,1-8,12H2;1H. The Morgan fingerprint density at radius 1 is 1.17 bits per heavy atom. The van der Waals surface area contributed by atoms with Crippen molar-refractivity contribution >= 4 is 24.2 Å². The van der Waals surface area contributed by atoms with Crippen LogP contribution in [0.4, 0.5) is 0 Å². The first-order valence-corrected chi connectivity index (χ1v) is 6.10. The summed E-state index contributed by atoms with van der Waals surface area (Å²) in [5.74, 6) is 0.0246. The minimum atomic E-state index is -0.258. The molecular formula is C11H20ClN3O3. The van der Waals surface area contributed by atoms with E-state index in [-0.39, 0.29) is 36.9 Å².